The van der Waals surface area contributed by atoms with Crippen molar-refractivity contribution in [2.45, 2.75) is 13.1 Å². The molecule has 1 fully saturated rings. The second kappa shape index (κ2) is 8.89. The van der Waals surface area contributed by atoms with E-state index in [-0.39, 0.29) is 5.82 Å². The first-order valence-corrected chi connectivity index (χ1v) is 8.79. The molecule has 25 heavy (non-hydrogen) atoms. The summed E-state index contributed by atoms with van der Waals surface area (Å²) in [5.74, 6) is -0.263. The summed E-state index contributed by atoms with van der Waals surface area (Å²) in [5.41, 5.74) is 3.28. The molecule has 0 amide bonds. The van der Waals surface area contributed by atoms with Crippen molar-refractivity contribution < 1.29 is 9.13 Å². The quantitative estimate of drug-likeness (QED) is 0.802. The van der Waals surface area contributed by atoms with Crippen molar-refractivity contribution in [2.24, 2.45) is 0 Å². The third-order valence-corrected chi connectivity index (χ3v) is 4.40. The highest BCUT2D eigenvalue weighted by Gasteiger charge is 2.12. The molecule has 0 atom stereocenters. The summed E-state index contributed by atoms with van der Waals surface area (Å²) < 4.78 is 18.4. The number of anilines is 1. The van der Waals surface area contributed by atoms with Crippen molar-refractivity contribution in [2.75, 3.05) is 31.6 Å². The highest BCUT2D eigenvalue weighted by molar-refractivity contribution is 7.80. The number of halogens is 1. The van der Waals surface area contributed by atoms with Crippen molar-refractivity contribution in [1.29, 1.82) is 0 Å². The van der Waals surface area contributed by atoms with Crippen LogP contribution in [0.15, 0.2) is 48.5 Å². The van der Waals surface area contributed by atoms with E-state index in [2.05, 4.69) is 33.7 Å². The lowest BCUT2D eigenvalue weighted by atomic mass is 10.1. The van der Waals surface area contributed by atoms with Crippen LogP contribution in [-0.2, 0) is 17.8 Å². The number of hydrogen-bond acceptors (Lipinski definition) is 3. The molecule has 0 aliphatic carbocycles. The molecule has 0 bridgehead atoms. The van der Waals surface area contributed by atoms with E-state index in [0.29, 0.717) is 11.7 Å². The molecule has 4 nitrogen and oxygen atoms in total. The van der Waals surface area contributed by atoms with Crippen molar-refractivity contribution in [3.05, 3.63) is 65.5 Å². The molecule has 1 saturated heterocycles. The first-order chi connectivity index (χ1) is 12.2. The Bertz CT molecular complexity index is 702. The molecule has 0 spiro atoms. The Morgan fingerprint density at radius 1 is 1.04 bits per heavy atom. The highest BCUT2D eigenvalue weighted by atomic mass is 32.1. The Morgan fingerprint density at radius 2 is 1.72 bits per heavy atom. The predicted octanol–water partition coefficient (Wildman–Crippen LogP) is 3.14. The summed E-state index contributed by atoms with van der Waals surface area (Å²) in [6, 6.07) is 14.5. The van der Waals surface area contributed by atoms with Crippen LogP contribution in [-0.4, -0.2) is 36.3 Å². The van der Waals surface area contributed by atoms with Gasteiger partial charge in [-0.15, -0.1) is 0 Å². The number of ether oxygens (including phenoxy) is 1. The molecular formula is C19H22FN3OS. The second-order valence-electron chi connectivity index (χ2n) is 5.97. The summed E-state index contributed by atoms with van der Waals surface area (Å²) in [6.45, 7) is 5.09. The minimum atomic E-state index is -0.263. The average Bonchev–Trinajstić information content (AvgIpc) is 2.64. The minimum Gasteiger partial charge on any atom is -0.379 e. The number of thiocarbonyl (C=S) groups is 1. The Morgan fingerprint density at radius 3 is 2.44 bits per heavy atom. The Balaban J connectivity index is 1.55. The average molecular weight is 359 g/mol. The lowest BCUT2D eigenvalue weighted by Gasteiger charge is -2.27. The van der Waals surface area contributed by atoms with E-state index in [4.69, 9.17) is 17.0 Å². The zero-order valence-corrected chi connectivity index (χ0v) is 14.8. The largest absolute Gasteiger partial charge is 0.379 e. The standard InChI is InChI=1S/C19H22FN3OS/c20-17-5-7-18(8-6-17)22-19(25)21-13-15-3-1-2-4-16(15)14-23-9-11-24-12-10-23/h1-8H,9-14H2,(H2,21,22,25). The van der Waals surface area contributed by atoms with Crippen LogP contribution in [0.1, 0.15) is 11.1 Å². The lowest BCUT2D eigenvalue weighted by Crippen LogP contribution is -2.36. The number of hydrogen-bond donors (Lipinski definition) is 2. The van der Waals surface area contributed by atoms with Crippen molar-refractivity contribution in [1.82, 2.24) is 10.2 Å². The van der Waals surface area contributed by atoms with E-state index in [1.807, 2.05) is 6.07 Å². The Kier molecular flexibility index (Phi) is 6.33. The van der Waals surface area contributed by atoms with E-state index < -0.39 is 0 Å². The van der Waals surface area contributed by atoms with Crippen LogP contribution in [0.25, 0.3) is 0 Å². The SMILES string of the molecule is Fc1ccc(NC(=S)NCc2ccccc2CN2CCOCC2)cc1. The van der Waals surface area contributed by atoms with Crippen molar-refractivity contribution in [3.63, 3.8) is 0 Å². The van der Waals surface area contributed by atoms with E-state index in [9.17, 15) is 4.39 Å². The minimum absolute atomic E-state index is 0.263. The maximum Gasteiger partial charge on any atom is 0.171 e. The molecule has 1 heterocycles. The first-order valence-electron chi connectivity index (χ1n) is 8.38. The zero-order chi connectivity index (χ0) is 17.5. The molecule has 6 heteroatoms. The van der Waals surface area contributed by atoms with Crippen LogP contribution in [0.2, 0.25) is 0 Å². The van der Waals surface area contributed by atoms with Gasteiger partial charge in [-0.05, 0) is 47.6 Å². The number of nitrogens with one attached hydrogen (secondary N) is 2. The fraction of sp³-hybridized carbons (Fsp3) is 0.316. The Hall–Kier alpha value is -2.02. The molecule has 132 valence electrons. The second-order valence-corrected chi connectivity index (χ2v) is 6.38. The fourth-order valence-corrected chi connectivity index (χ4v) is 2.96. The highest BCUT2D eigenvalue weighted by Crippen LogP contribution is 2.13. The van der Waals surface area contributed by atoms with E-state index >= 15 is 0 Å². The van der Waals surface area contributed by atoms with Crippen LogP contribution in [0.4, 0.5) is 10.1 Å². The van der Waals surface area contributed by atoms with E-state index in [0.717, 1.165) is 38.5 Å². The normalized spacial score (nSPS) is 14.9. The number of benzene rings is 2. The van der Waals surface area contributed by atoms with Crippen LogP contribution in [0.5, 0.6) is 0 Å². The number of morpholine rings is 1. The van der Waals surface area contributed by atoms with Gasteiger partial charge in [0.15, 0.2) is 5.11 Å². The molecule has 0 aromatic heterocycles. The van der Waals surface area contributed by atoms with Crippen LogP contribution < -0.4 is 10.6 Å². The van der Waals surface area contributed by atoms with Gasteiger partial charge in [-0.25, -0.2) is 4.39 Å². The predicted molar refractivity (Wildman–Crippen MR) is 102 cm³/mol. The molecule has 0 saturated carbocycles. The maximum atomic E-state index is 12.9. The summed E-state index contributed by atoms with van der Waals surface area (Å²) in [6.07, 6.45) is 0. The van der Waals surface area contributed by atoms with Gasteiger partial charge in [-0.1, -0.05) is 24.3 Å². The molecule has 1 aliphatic heterocycles. The zero-order valence-electron chi connectivity index (χ0n) is 14.0. The van der Waals surface area contributed by atoms with E-state index in [1.54, 1.807) is 12.1 Å². The van der Waals surface area contributed by atoms with Gasteiger partial charge >= 0.3 is 0 Å². The van der Waals surface area contributed by atoms with Gasteiger partial charge in [0.2, 0.25) is 0 Å². The van der Waals surface area contributed by atoms with Gasteiger partial charge < -0.3 is 15.4 Å². The van der Waals surface area contributed by atoms with Gasteiger partial charge in [0.25, 0.3) is 0 Å². The molecule has 2 aromatic carbocycles. The molecule has 2 N–H and O–H groups in total. The molecule has 2 aromatic rings. The van der Waals surface area contributed by atoms with Crippen LogP contribution in [0, 0.1) is 5.82 Å². The van der Waals surface area contributed by atoms with Gasteiger partial charge in [0.05, 0.1) is 13.2 Å². The topological polar surface area (TPSA) is 36.5 Å². The number of nitrogens with zero attached hydrogens (tertiary/aromatic N) is 1. The van der Waals surface area contributed by atoms with Gasteiger partial charge in [0.1, 0.15) is 5.82 Å². The molecule has 1 aliphatic rings. The van der Waals surface area contributed by atoms with Crippen LogP contribution >= 0.6 is 12.2 Å². The Labute approximate surface area is 153 Å². The summed E-state index contributed by atoms with van der Waals surface area (Å²) in [4.78, 5) is 2.40. The van der Waals surface area contributed by atoms with Gasteiger partial charge in [-0.3, -0.25) is 4.90 Å². The van der Waals surface area contributed by atoms with Crippen molar-refractivity contribution in [3.8, 4) is 0 Å². The van der Waals surface area contributed by atoms with Crippen molar-refractivity contribution >= 4 is 23.0 Å². The maximum absolute atomic E-state index is 12.9. The monoisotopic (exact) mass is 359 g/mol. The summed E-state index contributed by atoms with van der Waals surface area (Å²) >= 11 is 5.33. The smallest absolute Gasteiger partial charge is 0.171 e. The number of rotatable bonds is 5. The van der Waals surface area contributed by atoms with E-state index in [1.165, 1.54) is 23.3 Å². The van der Waals surface area contributed by atoms with Gasteiger partial charge in [0, 0.05) is 31.9 Å². The third kappa shape index (κ3) is 5.49. The van der Waals surface area contributed by atoms with Gasteiger partial charge in [-0.2, -0.15) is 0 Å². The third-order valence-electron chi connectivity index (χ3n) is 4.16. The molecule has 0 unspecified atom stereocenters. The summed E-state index contributed by atoms with van der Waals surface area (Å²) in [7, 11) is 0. The molecule has 0 radical (unpaired) electrons. The lowest BCUT2D eigenvalue weighted by molar-refractivity contribution is 0.0341. The fourth-order valence-electron chi connectivity index (χ4n) is 2.77. The molecular weight excluding hydrogens is 337 g/mol. The van der Waals surface area contributed by atoms with Crippen LogP contribution in [0.3, 0.4) is 0 Å². The molecule has 3 rings (SSSR count). The first kappa shape index (κ1) is 17.8. The summed E-state index contributed by atoms with van der Waals surface area (Å²) in [5, 5.41) is 6.81.